The molecule has 116 valence electrons. The number of guanidine groups is 1. The summed E-state index contributed by atoms with van der Waals surface area (Å²) >= 11 is 0. The monoisotopic (exact) mass is 407 g/mol. The molecule has 0 aliphatic rings. The number of sulfone groups is 1. The zero-order chi connectivity index (χ0) is 14.2. The Balaban J connectivity index is 0. The van der Waals surface area contributed by atoms with Crippen LogP contribution in [0.15, 0.2) is 4.99 Å². The molecule has 0 aliphatic heterocycles. The predicted octanol–water partition coefficient (Wildman–Crippen LogP) is 0.629. The first-order valence-corrected chi connectivity index (χ1v) is 7.84. The van der Waals surface area contributed by atoms with Gasteiger partial charge in [-0.05, 0) is 20.8 Å². The highest BCUT2D eigenvalue weighted by Gasteiger charge is 2.29. The van der Waals surface area contributed by atoms with Gasteiger partial charge in [-0.3, -0.25) is 4.99 Å². The molecule has 0 saturated carbocycles. The van der Waals surface area contributed by atoms with Crippen molar-refractivity contribution >= 4 is 39.8 Å². The van der Waals surface area contributed by atoms with Crippen LogP contribution in [0.4, 0.5) is 0 Å². The minimum Gasteiger partial charge on any atom is -0.383 e. The Morgan fingerprint density at radius 2 is 1.89 bits per heavy atom. The number of aliphatic imine (C=N–C) groups is 1. The lowest BCUT2D eigenvalue weighted by Gasteiger charge is -2.21. The van der Waals surface area contributed by atoms with Gasteiger partial charge in [0.15, 0.2) is 15.8 Å². The molecule has 8 heteroatoms. The molecular formula is C11H26IN3O3S. The number of nitrogens with zero attached hydrogens (tertiary/aromatic N) is 1. The third-order valence-electron chi connectivity index (χ3n) is 2.56. The number of hydrogen-bond donors (Lipinski definition) is 2. The summed E-state index contributed by atoms with van der Waals surface area (Å²) in [4.78, 5) is 4.28. The predicted molar refractivity (Wildman–Crippen MR) is 90.2 cm³/mol. The van der Waals surface area contributed by atoms with E-state index in [2.05, 4.69) is 15.6 Å². The molecule has 0 rings (SSSR count). The van der Waals surface area contributed by atoms with Gasteiger partial charge in [0, 0.05) is 26.5 Å². The van der Waals surface area contributed by atoms with E-state index in [0.717, 1.165) is 6.54 Å². The highest BCUT2D eigenvalue weighted by atomic mass is 127. The van der Waals surface area contributed by atoms with E-state index in [0.29, 0.717) is 19.1 Å². The van der Waals surface area contributed by atoms with Crippen molar-refractivity contribution in [3.05, 3.63) is 0 Å². The van der Waals surface area contributed by atoms with Gasteiger partial charge in [0.1, 0.15) is 0 Å². The lowest BCUT2D eigenvalue weighted by atomic mass is 10.2. The number of ether oxygens (including phenoxy) is 1. The fraction of sp³-hybridized carbons (Fsp3) is 0.909. The summed E-state index contributed by atoms with van der Waals surface area (Å²) in [5.74, 6) is 0.603. The summed E-state index contributed by atoms with van der Waals surface area (Å²) in [6.45, 7) is 7.43. The molecular weight excluding hydrogens is 381 g/mol. The Bertz CT molecular complexity index is 369. The van der Waals surface area contributed by atoms with Crippen LogP contribution in [0.25, 0.3) is 0 Å². The molecule has 19 heavy (non-hydrogen) atoms. The van der Waals surface area contributed by atoms with E-state index in [9.17, 15) is 8.42 Å². The molecule has 0 fully saturated rings. The quantitative estimate of drug-likeness (QED) is 0.280. The molecule has 0 aromatic heterocycles. The Kier molecular flexibility index (Phi) is 10.9. The van der Waals surface area contributed by atoms with Gasteiger partial charge < -0.3 is 15.4 Å². The SMILES string of the molecule is CCNC(=NCC(C)(C)S(C)(=O)=O)NCCOC.I. The molecule has 0 atom stereocenters. The molecule has 0 aliphatic carbocycles. The molecule has 0 unspecified atom stereocenters. The fourth-order valence-electron chi connectivity index (χ4n) is 1.000. The first-order valence-electron chi connectivity index (χ1n) is 5.95. The summed E-state index contributed by atoms with van der Waals surface area (Å²) in [6.07, 6.45) is 1.23. The van der Waals surface area contributed by atoms with Gasteiger partial charge in [-0.1, -0.05) is 0 Å². The molecule has 0 aromatic rings. The van der Waals surface area contributed by atoms with Crippen LogP contribution in [-0.2, 0) is 14.6 Å². The highest BCUT2D eigenvalue weighted by Crippen LogP contribution is 2.14. The van der Waals surface area contributed by atoms with E-state index >= 15 is 0 Å². The van der Waals surface area contributed by atoms with Gasteiger partial charge in [-0.2, -0.15) is 0 Å². The van der Waals surface area contributed by atoms with E-state index in [1.54, 1.807) is 21.0 Å². The van der Waals surface area contributed by atoms with Crippen molar-refractivity contribution in [2.45, 2.75) is 25.5 Å². The third-order valence-corrected chi connectivity index (χ3v) is 4.70. The first-order chi connectivity index (χ1) is 8.24. The van der Waals surface area contributed by atoms with Crippen molar-refractivity contribution in [3.8, 4) is 0 Å². The van der Waals surface area contributed by atoms with Crippen LogP contribution in [0.1, 0.15) is 20.8 Å². The Hall–Kier alpha value is -0.0900. The molecule has 0 heterocycles. The van der Waals surface area contributed by atoms with Crippen molar-refractivity contribution in [1.29, 1.82) is 0 Å². The minimum atomic E-state index is -3.13. The largest absolute Gasteiger partial charge is 0.383 e. The second-order valence-electron chi connectivity index (χ2n) is 4.65. The fourth-order valence-corrected chi connectivity index (χ4v) is 1.30. The van der Waals surface area contributed by atoms with Crippen LogP contribution in [0.5, 0.6) is 0 Å². The van der Waals surface area contributed by atoms with Gasteiger partial charge in [0.05, 0.1) is 17.9 Å². The second kappa shape index (κ2) is 9.76. The maximum Gasteiger partial charge on any atom is 0.191 e. The van der Waals surface area contributed by atoms with Gasteiger partial charge >= 0.3 is 0 Å². The van der Waals surface area contributed by atoms with E-state index in [-0.39, 0.29) is 30.5 Å². The van der Waals surface area contributed by atoms with E-state index in [1.807, 2.05) is 6.92 Å². The zero-order valence-electron chi connectivity index (χ0n) is 12.3. The number of nitrogens with one attached hydrogen (secondary N) is 2. The van der Waals surface area contributed by atoms with Crippen LogP contribution in [0.3, 0.4) is 0 Å². The summed E-state index contributed by atoms with van der Waals surface area (Å²) in [5, 5.41) is 6.12. The smallest absolute Gasteiger partial charge is 0.191 e. The topological polar surface area (TPSA) is 79.8 Å². The summed E-state index contributed by atoms with van der Waals surface area (Å²) in [5.41, 5.74) is 0. The maximum atomic E-state index is 11.6. The lowest BCUT2D eigenvalue weighted by Crippen LogP contribution is -2.41. The first kappa shape index (κ1) is 21.2. The van der Waals surface area contributed by atoms with Crippen LogP contribution in [-0.4, -0.2) is 58.7 Å². The summed E-state index contributed by atoms with van der Waals surface area (Å²) in [7, 11) is -1.50. The van der Waals surface area contributed by atoms with Crippen LogP contribution in [0.2, 0.25) is 0 Å². The van der Waals surface area contributed by atoms with Gasteiger partial charge in [0.2, 0.25) is 0 Å². The molecule has 0 bridgehead atoms. The summed E-state index contributed by atoms with van der Waals surface area (Å²) in [6, 6.07) is 0. The average molecular weight is 407 g/mol. The van der Waals surface area contributed by atoms with Gasteiger partial charge in [0.25, 0.3) is 0 Å². The molecule has 0 radical (unpaired) electrons. The Morgan fingerprint density at radius 1 is 1.32 bits per heavy atom. The Morgan fingerprint density at radius 3 is 2.32 bits per heavy atom. The van der Waals surface area contributed by atoms with E-state index in [1.165, 1.54) is 6.26 Å². The third kappa shape index (κ3) is 8.64. The number of rotatable bonds is 7. The second-order valence-corrected chi connectivity index (χ2v) is 7.30. The molecule has 0 amide bonds. The van der Waals surface area contributed by atoms with Crippen molar-refractivity contribution in [3.63, 3.8) is 0 Å². The van der Waals surface area contributed by atoms with Crippen molar-refractivity contribution in [2.75, 3.05) is 39.6 Å². The van der Waals surface area contributed by atoms with Crippen molar-refractivity contribution in [2.24, 2.45) is 4.99 Å². The van der Waals surface area contributed by atoms with Crippen LogP contribution < -0.4 is 10.6 Å². The molecule has 0 aromatic carbocycles. The normalized spacial score (nSPS) is 12.8. The number of halogens is 1. The van der Waals surface area contributed by atoms with Crippen LogP contribution >= 0.6 is 24.0 Å². The van der Waals surface area contributed by atoms with Crippen molar-refractivity contribution in [1.82, 2.24) is 10.6 Å². The standard InChI is InChI=1S/C11H25N3O3S.HI/c1-6-12-10(13-7-8-17-4)14-9-11(2,3)18(5,15)16;/h6-9H2,1-5H3,(H2,12,13,14);1H. The highest BCUT2D eigenvalue weighted by molar-refractivity contribution is 14.0. The van der Waals surface area contributed by atoms with Crippen molar-refractivity contribution < 1.29 is 13.2 Å². The molecule has 2 N–H and O–H groups in total. The van der Waals surface area contributed by atoms with Crippen LogP contribution in [0, 0.1) is 0 Å². The molecule has 0 saturated heterocycles. The average Bonchev–Trinajstić information content (AvgIpc) is 2.24. The zero-order valence-corrected chi connectivity index (χ0v) is 15.5. The molecule has 6 nitrogen and oxygen atoms in total. The van der Waals surface area contributed by atoms with E-state index < -0.39 is 14.6 Å². The number of methoxy groups -OCH3 is 1. The minimum absolute atomic E-state index is 0. The lowest BCUT2D eigenvalue weighted by molar-refractivity contribution is 0.203. The number of hydrogen-bond acceptors (Lipinski definition) is 4. The Labute approximate surface area is 133 Å². The molecule has 0 spiro atoms. The van der Waals surface area contributed by atoms with Gasteiger partial charge in [-0.25, -0.2) is 8.42 Å². The summed E-state index contributed by atoms with van der Waals surface area (Å²) < 4.78 is 27.2. The van der Waals surface area contributed by atoms with E-state index in [4.69, 9.17) is 4.74 Å². The maximum absolute atomic E-state index is 11.6. The van der Waals surface area contributed by atoms with Gasteiger partial charge in [-0.15, -0.1) is 24.0 Å².